The van der Waals surface area contributed by atoms with Crippen molar-refractivity contribution in [2.75, 3.05) is 33.0 Å². The molecule has 0 aliphatic carbocycles. The molecule has 4 heteroatoms. The van der Waals surface area contributed by atoms with Crippen molar-refractivity contribution in [3.8, 4) is 0 Å². The van der Waals surface area contributed by atoms with Crippen molar-refractivity contribution in [3.05, 3.63) is 12.7 Å². The van der Waals surface area contributed by atoms with E-state index in [1.165, 1.54) is 0 Å². The van der Waals surface area contributed by atoms with E-state index < -0.39 is 0 Å². The average molecular weight is 188 g/mol. The number of rotatable bonds is 5. The third kappa shape index (κ3) is 6.72. The summed E-state index contributed by atoms with van der Waals surface area (Å²) in [5.41, 5.74) is 0. The van der Waals surface area contributed by atoms with Crippen molar-refractivity contribution in [3.63, 3.8) is 0 Å². The van der Waals surface area contributed by atoms with E-state index in [9.17, 15) is 0 Å². The van der Waals surface area contributed by atoms with Crippen LogP contribution in [0.25, 0.3) is 0 Å². The second-order valence-electron chi connectivity index (χ2n) is 2.92. The van der Waals surface area contributed by atoms with Gasteiger partial charge in [0.2, 0.25) is 0 Å². The zero-order valence-corrected chi connectivity index (χ0v) is 7.65. The molecule has 0 bridgehead atoms. The Labute approximate surface area is 78.1 Å². The van der Waals surface area contributed by atoms with Crippen LogP contribution in [0.4, 0.5) is 0 Å². The standard InChI is InChI=1S/C6H10O2.C3H6O2/c1-2-3-7-4-6-5-8-6;4-1-3-2-5-3/h2,6H,1,3-5H2;3-4H,1-2H2. The van der Waals surface area contributed by atoms with Gasteiger partial charge in [0.05, 0.1) is 33.0 Å². The maximum atomic E-state index is 8.08. The normalized spacial score (nSPS) is 28.7. The van der Waals surface area contributed by atoms with Crippen LogP contribution in [0.2, 0.25) is 0 Å². The fraction of sp³-hybridized carbons (Fsp3) is 0.778. The van der Waals surface area contributed by atoms with Gasteiger partial charge in [-0.25, -0.2) is 0 Å². The number of ether oxygens (including phenoxy) is 3. The van der Waals surface area contributed by atoms with Gasteiger partial charge in [0.25, 0.3) is 0 Å². The molecule has 13 heavy (non-hydrogen) atoms. The third-order valence-electron chi connectivity index (χ3n) is 1.55. The van der Waals surface area contributed by atoms with Crippen LogP contribution >= 0.6 is 0 Å². The fourth-order valence-corrected chi connectivity index (χ4v) is 0.621. The van der Waals surface area contributed by atoms with Crippen LogP contribution in [0.5, 0.6) is 0 Å². The van der Waals surface area contributed by atoms with Crippen molar-refractivity contribution < 1.29 is 19.3 Å². The van der Waals surface area contributed by atoms with E-state index in [0.29, 0.717) is 12.7 Å². The molecular weight excluding hydrogens is 172 g/mol. The Morgan fingerprint density at radius 1 is 1.38 bits per heavy atom. The van der Waals surface area contributed by atoms with Crippen molar-refractivity contribution in [2.24, 2.45) is 0 Å². The maximum absolute atomic E-state index is 8.08. The molecule has 0 aromatic rings. The summed E-state index contributed by atoms with van der Waals surface area (Å²) in [7, 11) is 0. The van der Waals surface area contributed by atoms with Crippen molar-refractivity contribution in [1.29, 1.82) is 0 Å². The number of hydrogen-bond donors (Lipinski definition) is 1. The Morgan fingerprint density at radius 2 is 2.00 bits per heavy atom. The molecule has 2 saturated heterocycles. The molecule has 0 amide bonds. The molecule has 0 radical (unpaired) electrons. The predicted molar refractivity (Wildman–Crippen MR) is 47.6 cm³/mol. The van der Waals surface area contributed by atoms with Gasteiger partial charge in [-0.2, -0.15) is 0 Å². The zero-order chi connectivity index (χ0) is 9.52. The first kappa shape index (κ1) is 10.7. The summed E-state index contributed by atoms with van der Waals surface area (Å²) in [4.78, 5) is 0. The molecule has 4 nitrogen and oxygen atoms in total. The van der Waals surface area contributed by atoms with Crippen LogP contribution in [0.3, 0.4) is 0 Å². The number of aliphatic hydroxyl groups is 1. The van der Waals surface area contributed by atoms with Crippen molar-refractivity contribution in [2.45, 2.75) is 12.2 Å². The van der Waals surface area contributed by atoms with Crippen LogP contribution in [0.1, 0.15) is 0 Å². The molecule has 2 aliphatic heterocycles. The third-order valence-corrected chi connectivity index (χ3v) is 1.55. The van der Waals surface area contributed by atoms with E-state index >= 15 is 0 Å². The van der Waals surface area contributed by atoms with E-state index in [1.54, 1.807) is 6.08 Å². The molecule has 0 saturated carbocycles. The molecule has 0 spiro atoms. The SMILES string of the molecule is C=CCOCC1CO1.OCC1CO1. The molecule has 2 fully saturated rings. The van der Waals surface area contributed by atoms with E-state index in [2.05, 4.69) is 11.3 Å². The summed E-state index contributed by atoms with van der Waals surface area (Å²) >= 11 is 0. The van der Waals surface area contributed by atoms with Gasteiger partial charge in [0, 0.05) is 0 Å². The highest BCUT2D eigenvalue weighted by Crippen LogP contribution is 2.07. The predicted octanol–water partition coefficient (Wildman–Crippen LogP) is -0.0347. The van der Waals surface area contributed by atoms with Crippen LogP contribution in [0, 0.1) is 0 Å². The van der Waals surface area contributed by atoms with Gasteiger partial charge in [0.1, 0.15) is 12.2 Å². The summed E-state index contributed by atoms with van der Waals surface area (Å²) < 4.78 is 14.6. The topological polar surface area (TPSA) is 54.5 Å². The van der Waals surface area contributed by atoms with Crippen molar-refractivity contribution >= 4 is 0 Å². The van der Waals surface area contributed by atoms with Crippen molar-refractivity contribution in [1.82, 2.24) is 0 Å². The molecule has 1 N–H and O–H groups in total. The Morgan fingerprint density at radius 3 is 2.31 bits per heavy atom. The summed E-state index contributed by atoms with van der Waals surface area (Å²) in [6, 6.07) is 0. The molecule has 0 aromatic carbocycles. The van der Waals surface area contributed by atoms with Gasteiger partial charge in [0.15, 0.2) is 0 Å². The Hall–Kier alpha value is -0.420. The zero-order valence-electron chi connectivity index (χ0n) is 7.65. The lowest BCUT2D eigenvalue weighted by atomic mass is 10.5. The largest absolute Gasteiger partial charge is 0.394 e. The number of epoxide rings is 2. The minimum Gasteiger partial charge on any atom is -0.394 e. The van der Waals surface area contributed by atoms with Crippen LogP contribution in [0.15, 0.2) is 12.7 Å². The van der Waals surface area contributed by atoms with Crippen LogP contribution < -0.4 is 0 Å². The molecule has 76 valence electrons. The first-order valence-corrected chi connectivity index (χ1v) is 4.39. The summed E-state index contributed by atoms with van der Waals surface area (Å²) in [5, 5.41) is 8.08. The lowest BCUT2D eigenvalue weighted by Crippen LogP contribution is -2.00. The number of hydrogen-bond acceptors (Lipinski definition) is 4. The summed E-state index contributed by atoms with van der Waals surface area (Å²) in [6.45, 7) is 6.71. The van der Waals surface area contributed by atoms with Crippen LogP contribution in [-0.2, 0) is 14.2 Å². The molecular formula is C9H16O4. The molecule has 0 aromatic heterocycles. The molecule has 2 rings (SSSR count). The molecule has 2 unspecified atom stereocenters. The summed E-state index contributed by atoms with van der Waals surface area (Å²) in [6.07, 6.45) is 2.31. The maximum Gasteiger partial charge on any atom is 0.104 e. The molecule has 2 aliphatic rings. The van der Waals surface area contributed by atoms with Gasteiger partial charge < -0.3 is 19.3 Å². The highest BCUT2D eigenvalue weighted by molar-refractivity contribution is 4.70. The fourth-order valence-electron chi connectivity index (χ4n) is 0.621. The van der Waals surface area contributed by atoms with Gasteiger partial charge in [-0.3, -0.25) is 0 Å². The lowest BCUT2D eigenvalue weighted by molar-refractivity contribution is 0.141. The summed E-state index contributed by atoms with van der Waals surface area (Å²) in [5.74, 6) is 0. The second-order valence-corrected chi connectivity index (χ2v) is 2.92. The van der Waals surface area contributed by atoms with Crippen LogP contribution in [-0.4, -0.2) is 50.3 Å². The minimum absolute atomic E-state index is 0.190. The smallest absolute Gasteiger partial charge is 0.104 e. The molecule has 2 heterocycles. The minimum atomic E-state index is 0.190. The quantitative estimate of drug-likeness (QED) is 0.374. The Balaban J connectivity index is 0.000000145. The van der Waals surface area contributed by atoms with E-state index in [0.717, 1.165) is 19.8 Å². The highest BCUT2D eigenvalue weighted by Gasteiger charge is 2.21. The van der Waals surface area contributed by atoms with Gasteiger partial charge in [-0.1, -0.05) is 6.08 Å². The van der Waals surface area contributed by atoms with Gasteiger partial charge >= 0.3 is 0 Å². The lowest BCUT2D eigenvalue weighted by Gasteiger charge is -1.92. The Bertz CT molecular complexity index is 141. The van der Waals surface area contributed by atoms with E-state index in [-0.39, 0.29) is 12.7 Å². The first-order chi connectivity index (χ1) is 6.36. The first-order valence-electron chi connectivity index (χ1n) is 4.39. The highest BCUT2D eigenvalue weighted by atomic mass is 16.6. The average Bonchev–Trinajstić information content (AvgIpc) is 3.02. The van der Waals surface area contributed by atoms with E-state index in [1.807, 2.05) is 0 Å². The second kappa shape index (κ2) is 6.10. The van der Waals surface area contributed by atoms with Gasteiger partial charge in [-0.05, 0) is 0 Å². The Kier molecular flexibility index (Phi) is 5.00. The monoisotopic (exact) mass is 188 g/mol. The molecule has 2 atom stereocenters. The number of aliphatic hydroxyl groups excluding tert-OH is 1. The van der Waals surface area contributed by atoms with E-state index in [4.69, 9.17) is 14.6 Å². The van der Waals surface area contributed by atoms with Gasteiger partial charge in [-0.15, -0.1) is 6.58 Å².